The summed E-state index contributed by atoms with van der Waals surface area (Å²) in [6, 6.07) is 8.13. The van der Waals surface area contributed by atoms with Crippen molar-refractivity contribution in [2.24, 2.45) is 0 Å². The summed E-state index contributed by atoms with van der Waals surface area (Å²) in [4.78, 5) is 14.0. The lowest BCUT2D eigenvalue weighted by molar-refractivity contribution is 0.0183. The molecule has 0 unspecified atom stereocenters. The fourth-order valence-electron chi connectivity index (χ4n) is 3.34. The average Bonchev–Trinajstić information content (AvgIpc) is 2.58. The second kappa shape index (κ2) is 8.61. The largest absolute Gasteiger partial charge is 0.444 e. The summed E-state index contributed by atoms with van der Waals surface area (Å²) in [5.74, 6) is 0.457. The Morgan fingerprint density at radius 3 is 2.15 bits per heavy atom. The quantitative estimate of drug-likeness (QED) is 0.701. The molecule has 1 aliphatic carbocycles. The first-order valence-electron chi connectivity index (χ1n) is 9.33. The Labute approximate surface area is 163 Å². The van der Waals surface area contributed by atoms with Crippen molar-refractivity contribution in [3.05, 3.63) is 35.4 Å². The number of hydrogen-bond acceptors (Lipinski definition) is 5. The highest BCUT2D eigenvalue weighted by atomic mass is 32.2. The molecule has 1 aliphatic rings. The summed E-state index contributed by atoms with van der Waals surface area (Å²) in [6.45, 7) is 5.69. The fourth-order valence-corrected chi connectivity index (χ4v) is 3.69. The highest BCUT2D eigenvalue weighted by Crippen LogP contribution is 2.35. The number of ether oxygens (including phenoxy) is 1. The molecule has 0 bridgehead atoms. The third kappa shape index (κ3) is 7.14. The summed E-state index contributed by atoms with van der Waals surface area (Å²) < 4.78 is 32.4. The molecule has 1 saturated carbocycles. The van der Waals surface area contributed by atoms with Crippen LogP contribution in [0.4, 0.5) is 4.79 Å². The maximum absolute atomic E-state index is 12.2. The minimum atomic E-state index is -3.43. The molecule has 152 valence electrons. The monoisotopic (exact) mass is 397 g/mol. The van der Waals surface area contributed by atoms with Gasteiger partial charge in [-0.2, -0.15) is 8.42 Å². The summed E-state index contributed by atoms with van der Waals surface area (Å²) in [5.41, 5.74) is 1.60. The maximum Gasteiger partial charge on any atom is 0.410 e. The Bertz CT molecular complexity index is 729. The van der Waals surface area contributed by atoms with Gasteiger partial charge in [0.2, 0.25) is 0 Å². The number of benzene rings is 1. The Morgan fingerprint density at radius 1 is 1.11 bits per heavy atom. The molecule has 0 heterocycles. The lowest BCUT2D eigenvalue weighted by atomic mass is 9.81. The van der Waals surface area contributed by atoms with Gasteiger partial charge >= 0.3 is 6.09 Å². The van der Waals surface area contributed by atoms with Gasteiger partial charge in [0, 0.05) is 13.1 Å². The Morgan fingerprint density at radius 2 is 1.67 bits per heavy atom. The minimum Gasteiger partial charge on any atom is -0.444 e. The van der Waals surface area contributed by atoms with Gasteiger partial charge in [0.15, 0.2) is 0 Å². The van der Waals surface area contributed by atoms with Crippen molar-refractivity contribution >= 4 is 16.2 Å². The number of rotatable bonds is 5. The van der Waals surface area contributed by atoms with Crippen LogP contribution in [0, 0.1) is 0 Å². The molecule has 27 heavy (non-hydrogen) atoms. The van der Waals surface area contributed by atoms with Gasteiger partial charge in [-0.05, 0) is 63.5 Å². The zero-order chi connectivity index (χ0) is 20.2. The molecule has 1 aromatic carbocycles. The number of nitrogens with zero attached hydrogens (tertiary/aromatic N) is 1. The van der Waals surface area contributed by atoms with E-state index in [1.165, 1.54) is 5.56 Å². The Kier molecular flexibility index (Phi) is 6.92. The maximum atomic E-state index is 12.2. The van der Waals surface area contributed by atoms with Crippen LogP contribution in [-0.2, 0) is 25.6 Å². The van der Waals surface area contributed by atoms with E-state index in [2.05, 4.69) is 0 Å². The van der Waals surface area contributed by atoms with Gasteiger partial charge in [0.05, 0.1) is 12.9 Å². The summed E-state index contributed by atoms with van der Waals surface area (Å²) >= 11 is 0. The standard InChI is InChI=1S/C20H31NO5S/c1-20(2,3)26-19(22)21(4)18-12-10-17(11-13-18)16-8-6-15(7-9-16)14-25-27(5,23)24/h6-9,17-18H,10-14H2,1-5H3/t17-,18-. The molecule has 0 aromatic heterocycles. The minimum absolute atomic E-state index is 0.0620. The molecule has 0 aliphatic heterocycles. The molecule has 7 heteroatoms. The number of amides is 1. The van der Waals surface area contributed by atoms with E-state index < -0.39 is 15.7 Å². The van der Waals surface area contributed by atoms with Crippen LogP contribution < -0.4 is 0 Å². The molecule has 0 N–H and O–H groups in total. The Balaban J connectivity index is 1.87. The van der Waals surface area contributed by atoms with E-state index in [1.807, 2.05) is 52.1 Å². The molecule has 2 rings (SSSR count). The first-order valence-corrected chi connectivity index (χ1v) is 11.2. The van der Waals surface area contributed by atoms with E-state index in [9.17, 15) is 13.2 Å². The van der Waals surface area contributed by atoms with Gasteiger partial charge in [-0.3, -0.25) is 4.18 Å². The van der Waals surface area contributed by atoms with E-state index in [0.717, 1.165) is 37.5 Å². The van der Waals surface area contributed by atoms with Crippen LogP contribution in [0.1, 0.15) is 63.5 Å². The van der Waals surface area contributed by atoms with Crippen LogP contribution in [0.25, 0.3) is 0 Å². The molecule has 6 nitrogen and oxygen atoms in total. The van der Waals surface area contributed by atoms with Gasteiger partial charge in [-0.1, -0.05) is 24.3 Å². The highest BCUT2D eigenvalue weighted by Gasteiger charge is 2.29. The fraction of sp³-hybridized carbons (Fsp3) is 0.650. The molecule has 1 fully saturated rings. The van der Waals surface area contributed by atoms with Crippen molar-refractivity contribution in [1.29, 1.82) is 0 Å². The zero-order valence-corrected chi connectivity index (χ0v) is 17.7. The first kappa shape index (κ1) is 21.7. The first-order chi connectivity index (χ1) is 12.4. The summed E-state index contributed by atoms with van der Waals surface area (Å²) in [5, 5.41) is 0. The predicted octanol–water partition coefficient (Wildman–Crippen LogP) is 4.06. The normalized spacial score (nSPS) is 20.9. The van der Waals surface area contributed by atoms with Gasteiger partial charge < -0.3 is 9.64 Å². The number of carbonyl (C=O) groups is 1. The molecule has 1 aromatic rings. The molecule has 0 spiro atoms. The van der Waals surface area contributed by atoms with E-state index in [0.29, 0.717) is 5.92 Å². The van der Waals surface area contributed by atoms with Crippen LogP contribution in [0.5, 0.6) is 0 Å². The van der Waals surface area contributed by atoms with Crippen molar-refractivity contribution in [3.63, 3.8) is 0 Å². The second-order valence-electron chi connectivity index (χ2n) is 8.30. The SMILES string of the molecule is CN(C(=O)OC(C)(C)C)[C@H]1CC[C@H](c2ccc(COS(C)(=O)=O)cc2)CC1. The van der Waals surface area contributed by atoms with Gasteiger partial charge in [0.1, 0.15) is 5.60 Å². The van der Waals surface area contributed by atoms with Crippen molar-refractivity contribution in [3.8, 4) is 0 Å². The lowest BCUT2D eigenvalue weighted by Gasteiger charge is -2.35. The van der Waals surface area contributed by atoms with Crippen LogP contribution in [0.2, 0.25) is 0 Å². The molecular formula is C20H31NO5S. The van der Waals surface area contributed by atoms with Crippen molar-refractivity contribution < 1.29 is 22.1 Å². The van der Waals surface area contributed by atoms with Gasteiger partial charge in [-0.25, -0.2) is 4.79 Å². The molecular weight excluding hydrogens is 366 g/mol. The lowest BCUT2D eigenvalue weighted by Crippen LogP contribution is -2.42. The van der Waals surface area contributed by atoms with E-state index in [4.69, 9.17) is 8.92 Å². The zero-order valence-electron chi connectivity index (χ0n) is 16.9. The topological polar surface area (TPSA) is 72.9 Å². The second-order valence-corrected chi connectivity index (χ2v) is 9.95. The summed E-state index contributed by atoms with van der Waals surface area (Å²) in [6.07, 6.45) is 4.70. The third-order valence-corrected chi connectivity index (χ3v) is 5.36. The Hall–Kier alpha value is -1.60. The molecule has 0 atom stereocenters. The van der Waals surface area contributed by atoms with Crippen molar-refractivity contribution in [2.75, 3.05) is 13.3 Å². The van der Waals surface area contributed by atoms with Crippen LogP contribution in [0.3, 0.4) is 0 Å². The number of carbonyl (C=O) groups excluding carboxylic acids is 1. The van der Waals surface area contributed by atoms with Crippen LogP contribution in [0.15, 0.2) is 24.3 Å². The van der Waals surface area contributed by atoms with Crippen LogP contribution in [-0.4, -0.2) is 44.4 Å². The molecule has 0 radical (unpaired) electrons. The van der Waals surface area contributed by atoms with Gasteiger partial charge in [-0.15, -0.1) is 0 Å². The summed E-state index contributed by atoms with van der Waals surface area (Å²) in [7, 11) is -1.61. The smallest absolute Gasteiger partial charge is 0.410 e. The van der Waals surface area contributed by atoms with Crippen molar-refractivity contribution in [1.82, 2.24) is 4.90 Å². The van der Waals surface area contributed by atoms with E-state index in [1.54, 1.807) is 4.90 Å². The highest BCUT2D eigenvalue weighted by molar-refractivity contribution is 7.85. The molecule has 1 amide bonds. The molecule has 0 saturated heterocycles. The predicted molar refractivity (Wildman–Crippen MR) is 105 cm³/mol. The van der Waals surface area contributed by atoms with Gasteiger partial charge in [0.25, 0.3) is 10.1 Å². The van der Waals surface area contributed by atoms with Crippen LogP contribution >= 0.6 is 0 Å². The third-order valence-electron chi connectivity index (χ3n) is 4.82. The van der Waals surface area contributed by atoms with E-state index in [-0.39, 0.29) is 18.7 Å². The van der Waals surface area contributed by atoms with E-state index >= 15 is 0 Å². The van der Waals surface area contributed by atoms with Crippen molar-refractivity contribution in [2.45, 2.75) is 70.6 Å². The number of hydrogen-bond donors (Lipinski definition) is 0. The average molecular weight is 398 g/mol.